The number of thioether (sulfide) groups is 1. The van der Waals surface area contributed by atoms with Crippen molar-refractivity contribution in [1.29, 1.82) is 0 Å². The van der Waals surface area contributed by atoms with Crippen molar-refractivity contribution in [2.24, 2.45) is 7.05 Å². The lowest BCUT2D eigenvalue weighted by molar-refractivity contribution is -0.137. The molecule has 0 fully saturated rings. The van der Waals surface area contributed by atoms with E-state index in [1.807, 2.05) is 6.26 Å². The molecule has 144 valence electrons. The maximum Gasteiger partial charge on any atom is 0.416 e. The second-order valence-corrected chi connectivity index (χ2v) is 8.88. The number of benzene rings is 1. The van der Waals surface area contributed by atoms with E-state index in [9.17, 15) is 21.6 Å². The van der Waals surface area contributed by atoms with E-state index in [1.54, 1.807) is 17.7 Å². The molecule has 0 unspecified atom stereocenters. The van der Waals surface area contributed by atoms with Gasteiger partial charge >= 0.3 is 16.3 Å². The second-order valence-electron chi connectivity index (χ2n) is 5.25. The zero-order valence-electron chi connectivity index (χ0n) is 13.9. The van der Waals surface area contributed by atoms with E-state index in [1.165, 1.54) is 17.8 Å². The maximum absolute atomic E-state index is 12.8. The summed E-state index contributed by atoms with van der Waals surface area (Å²) in [6.07, 6.45) is -2.76. The van der Waals surface area contributed by atoms with Crippen LogP contribution in [0, 0.1) is 0 Å². The molecule has 27 heavy (non-hydrogen) atoms. The molecule has 0 radical (unpaired) electrons. The van der Waals surface area contributed by atoms with E-state index in [4.69, 9.17) is 4.18 Å². The van der Waals surface area contributed by atoms with Crippen LogP contribution in [0.15, 0.2) is 45.8 Å². The normalized spacial score (nSPS) is 12.3. The van der Waals surface area contributed by atoms with Gasteiger partial charge in [-0.2, -0.15) is 21.6 Å². The topological polar surface area (TPSA) is 74.1 Å². The van der Waals surface area contributed by atoms with Crippen LogP contribution in [0.3, 0.4) is 0 Å². The number of hydrogen-bond donors (Lipinski definition) is 0. The summed E-state index contributed by atoms with van der Waals surface area (Å²) in [5.41, 5.74) is -0.995. The first-order valence-electron chi connectivity index (χ1n) is 7.27. The third-order valence-electron chi connectivity index (χ3n) is 3.43. The molecule has 0 bridgehead atoms. The molecule has 0 saturated heterocycles. The Morgan fingerprint density at radius 3 is 2.56 bits per heavy atom. The highest BCUT2D eigenvalue weighted by atomic mass is 32.3. The lowest BCUT2D eigenvalue weighted by Gasteiger charge is -2.09. The van der Waals surface area contributed by atoms with Crippen LogP contribution in [-0.2, 0) is 23.3 Å². The van der Waals surface area contributed by atoms with Gasteiger partial charge in [-0.05, 0) is 36.6 Å². The summed E-state index contributed by atoms with van der Waals surface area (Å²) in [6, 6.07) is 6.56. The van der Waals surface area contributed by atoms with E-state index >= 15 is 0 Å². The van der Waals surface area contributed by atoms with Crippen molar-refractivity contribution >= 4 is 33.2 Å². The Kier molecular flexibility index (Phi) is 5.23. The molecular weight excluding hydrogens is 423 g/mol. The van der Waals surface area contributed by atoms with Gasteiger partial charge in [0.1, 0.15) is 5.75 Å². The zero-order chi connectivity index (χ0) is 19.8. The Balaban J connectivity index is 1.88. The molecule has 2 heterocycles. The monoisotopic (exact) mass is 435 g/mol. The number of aromatic nitrogens is 3. The predicted octanol–water partition coefficient (Wildman–Crippen LogP) is 4.05. The first kappa shape index (κ1) is 19.7. The van der Waals surface area contributed by atoms with Gasteiger partial charge in [-0.15, -0.1) is 21.5 Å². The first-order chi connectivity index (χ1) is 12.6. The molecule has 3 aromatic rings. The molecule has 1 aromatic carbocycles. The molecule has 0 spiro atoms. The fourth-order valence-electron chi connectivity index (χ4n) is 2.17. The molecule has 0 aliphatic heterocycles. The number of nitrogens with zero attached hydrogens (tertiary/aromatic N) is 3. The first-order valence-corrected chi connectivity index (χ1v) is 10.7. The van der Waals surface area contributed by atoms with Crippen LogP contribution < -0.4 is 4.18 Å². The minimum Gasteiger partial charge on any atom is -0.378 e. The number of alkyl halides is 3. The van der Waals surface area contributed by atoms with Crippen molar-refractivity contribution in [1.82, 2.24) is 14.8 Å². The summed E-state index contributed by atoms with van der Waals surface area (Å²) in [5.74, 6) is 0.0629. The van der Waals surface area contributed by atoms with Gasteiger partial charge < -0.3 is 8.75 Å². The van der Waals surface area contributed by atoms with Crippen LogP contribution in [0.25, 0.3) is 10.7 Å². The van der Waals surface area contributed by atoms with Gasteiger partial charge in [0.15, 0.2) is 15.2 Å². The van der Waals surface area contributed by atoms with Crippen LogP contribution in [0.2, 0.25) is 0 Å². The van der Waals surface area contributed by atoms with E-state index in [-0.39, 0.29) is 4.21 Å². The van der Waals surface area contributed by atoms with Gasteiger partial charge in [0.05, 0.1) is 10.4 Å². The smallest absolute Gasteiger partial charge is 0.378 e. The molecule has 0 saturated carbocycles. The molecule has 12 heteroatoms. The van der Waals surface area contributed by atoms with Crippen molar-refractivity contribution in [3.8, 4) is 16.5 Å². The summed E-state index contributed by atoms with van der Waals surface area (Å²) in [7, 11) is -2.54. The molecule has 0 aliphatic carbocycles. The van der Waals surface area contributed by atoms with Crippen molar-refractivity contribution < 1.29 is 25.8 Å². The van der Waals surface area contributed by atoms with Crippen LogP contribution >= 0.6 is 23.1 Å². The van der Waals surface area contributed by atoms with Crippen molar-refractivity contribution in [3.05, 3.63) is 42.0 Å². The molecule has 2 aromatic heterocycles. The Morgan fingerprint density at radius 2 is 1.93 bits per heavy atom. The molecule has 0 amide bonds. The number of rotatable bonds is 5. The molecule has 0 N–H and O–H groups in total. The summed E-state index contributed by atoms with van der Waals surface area (Å²) in [6.45, 7) is 0. The Labute approximate surface area is 161 Å². The van der Waals surface area contributed by atoms with E-state index < -0.39 is 27.6 Å². The van der Waals surface area contributed by atoms with Gasteiger partial charge in [0, 0.05) is 7.05 Å². The van der Waals surface area contributed by atoms with Crippen molar-refractivity contribution in [2.75, 3.05) is 6.26 Å². The quantitative estimate of drug-likeness (QED) is 0.445. The number of halogens is 3. The Bertz CT molecular complexity index is 1070. The third kappa shape index (κ3) is 4.12. The summed E-state index contributed by atoms with van der Waals surface area (Å²) < 4.78 is 69.5. The summed E-state index contributed by atoms with van der Waals surface area (Å²) >= 11 is 2.28. The minimum absolute atomic E-state index is 0.149. The SMILES string of the molecule is CSc1nnc(-c2ccc(S(=O)(=O)Oc3cccc(C(F)(F)F)c3)s2)n1C. The fourth-order valence-corrected chi connectivity index (χ4v) is 4.87. The van der Waals surface area contributed by atoms with Crippen molar-refractivity contribution in [2.45, 2.75) is 15.5 Å². The number of thiophene rings is 1. The van der Waals surface area contributed by atoms with Gasteiger partial charge in [0.2, 0.25) is 0 Å². The molecule has 6 nitrogen and oxygen atoms in total. The van der Waals surface area contributed by atoms with Gasteiger partial charge in [-0.25, -0.2) is 0 Å². The lowest BCUT2D eigenvalue weighted by atomic mass is 10.2. The lowest BCUT2D eigenvalue weighted by Crippen LogP contribution is -2.10. The van der Waals surface area contributed by atoms with Crippen LogP contribution in [-0.4, -0.2) is 29.4 Å². The predicted molar refractivity (Wildman–Crippen MR) is 95.4 cm³/mol. The van der Waals surface area contributed by atoms with Crippen LogP contribution in [0.4, 0.5) is 13.2 Å². The average Bonchev–Trinajstić information content (AvgIpc) is 3.20. The maximum atomic E-state index is 12.8. The van der Waals surface area contributed by atoms with Gasteiger partial charge in [-0.3, -0.25) is 0 Å². The van der Waals surface area contributed by atoms with Gasteiger partial charge in [0.25, 0.3) is 0 Å². The third-order valence-corrected chi connectivity index (χ3v) is 6.93. The van der Waals surface area contributed by atoms with Crippen molar-refractivity contribution in [3.63, 3.8) is 0 Å². The highest BCUT2D eigenvalue weighted by Gasteiger charge is 2.31. The van der Waals surface area contributed by atoms with Crippen LogP contribution in [0.5, 0.6) is 5.75 Å². The molecular formula is C15H12F3N3O3S3. The van der Waals surface area contributed by atoms with Gasteiger partial charge in [-0.1, -0.05) is 17.8 Å². The zero-order valence-corrected chi connectivity index (χ0v) is 16.3. The molecule has 0 aliphatic rings. The Hall–Kier alpha value is -2.05. The Morgan fingerprint density at radius 1 is 1.19 bits per heavy atom. The highest BCUT2D eigenvalue weighted by Crippen LogP contribution is 2.34. The second kappa shape index (κ2) is 7.17. The fraction of sp³-hybridized carbons (Fsp3) is 0.200. The standard InChI is InChI=1S/C15H12F3N3O3S3/c1-21-13(19-20-14(21)25-2)11-6-7-12(26-11)27(22,23)24-10-5-3-4-9(8-10)15(16,17)18/h3-8H,1-2H3. The largest absolute Gasteiger partial charge is 0.416 e. The molecule has 0 atom stereocenters. The average molecular weight is 435 g/mol. The summed E-state index contributed by atoms with van der Waals surface area (Å²) in [4.78, 5) is 0.538. The van der Waals surface area contributed by atoms with E-state index in [0.29, 0.717) is 21.9 Å². The summed E-state index contributed by atoms with van der Waals surface area (Å²) in [5, 5.41) is 8.65. The van der Waals surface area contributed by atoms with Crippen LogP contribution in [0.1, 0.15) is 5.56 Å². The van der Waals surface area contributed by atoms with E-state index in [0.717, 1.165) is 29.5 Å². The molecule has 3 rings (SSSR count). The minimum atomic E-state index is -4.60. The highest BCUT2D eigenvalue weighted by molar-refractivity contribution is 7.98. The number of hydrogen-bond acceptors (Lipinski definition) is 7. The van der Waals surface area contributed by atoms with E-state index in [2.05, 4.69) is 10.2 Å².